The number of ketones is 1. The molecule has 1 fully saturated rings. The van der Waals surface area contributed by atoms with Gasteiger partial charge in [-0.1, -0.05) is 31.4 Å². The Balaban J connectivity index is 1.51. The lowest BCUT2D eigenvalue weighted by atomic mass is 9.81. The zero-order valence-electron chi connectivity index (χ0n) is 19.0. The van der Waals surface area contributed by atoms with Gasteiger partial charge in [0.25, 0.3) is 0 Å². The predicted octanol–water partition coefficient (Wildman–Crippen LogP) is 5.57. The molecule has 2 aliphatic rings. The summed E-state index contributed by atoms with van der Waals surface area (Å²) in [5, 5.41) is 0. The van der Waals surface area contributed by atoms with Crippen molar-refractivity contribution in [3.05, 3.63) is 52.3 Å². The van der Waals surface area contributed by atoms with Crippen molar-refractivity contribution in [3.8, 4) is 0 Å². The van der Waals surface area contributed by atoms with Crippen LogP contribution in [0, 0.1) is 6.92 Å². The lowest BCUT2D eigenvalue weighted by Gasteiger charge is -2.23. The minimum Gasteiger partial charge on any atom is -0.458 e. The second kappa shape index (κ2) is 9.29. The highest BCUT2D eigenvalue weighted by Gasteiger charge is 2.32. The number of nitrogens with zero attached hydrogens (tertiary/aromatic N) is 1. The van der Waals surface area contributed by atoms with E-state index in [0.717, 1.165) is 54.6 Å². The third-order valence-corrected chi connectivity index (χ3v) is 6.90. The maximum atomic E-state index is 13.0. The van der Waals surface area contributed by atoms with Gasteiger partial charge in [-0.05, 0) is 68.2 Å². The van der Waals surface area contributed by atoms with Crippen LogP contribution in [-0.2, 0) is 11.2 Å². The van der Waals surface area contributed by atoms with E-state index in [1.165, 1.54) is 19.3 Å². The molecule has 31 heavy (non-hydrogen) atoms. The van der Waals surface area contributed by atoms with E-state index < -0.39 is 0 Å². The number of hydrogen-bond donors (Lipinski definition) is 1. The molecule has 1 saturated carbocycles. The van der Waals surface area contributed by atoms with Gasteiger partial charge >= 0.3 is 5.97 Å². The highest BCUT2D eigenvalue weighted by atomic mass is 16.5. The molecule has 2 aromatic rings. The van der Waals surface area contributed by atoms with Crippen molar-refractivity contribution in [1.29, 1.82) is 0 Å². The third kappa shape index (κ3) is 4.70. The molecule has 1 aromatic carbocycles. The van der Waals surface area contributed by atoms with Gasteiger partial charge in [0.2, 0.25) is 0 Å². The van der Waals surface area contributed by atoms with Crippen LogP contribution in [0.4, 0.5) is 5.69 Å². The number of H-pyrrole nitrogens is 1. The number of anilines is 1. The lowest BCUT2D eigenvalue weighted by molar-refractivity contribution is 0.0232. The first kappa shape index (κ1) is 21.7. The summed E-state index contributed by atoms with van der Waals surface area (Å²) < 4.78 is 5.87. The second-order valence-electron chi connectivity index (χ2n) is 9.37. The number of rotatable bonds is 4. The Kier molecular flexibility index (Phi) is 6.49. The number of ether oxygens (including phenoxy) is 1. The van der Waals surface area contributed by atoms with Crippen molar-refractivity contribution in [1.82, 2.24) is 4.98 Å². The molecule has 0 aliphatic heterocycles. The number of nitrogens with one attached hydrogen (secondary N) is 1. The number of benzene rings is 1. The Hall–Kier alpha value is -2.56. The van der Waals surface area contributed by atoms with Crippen molar-refractivity contribution >= 4 is 17.4 Å². The molecule has 166 valence electrons. The van der Waals surface area contributed by atoms with Gasteiger partial charge in [-0.15, -0.1) is 0 Å². The number of esters is 1. The molecule has 0 amide bonds. The molecule has 5 heteroatoms. The van der Waals surface area contributed by atoms with Gasteiger partial charge in [0, 0.05) is 37.5 Å². The molecule has 1 atom stereocenters. The summed E-state index contributed by atoms with van der Waals surface area (Å²) >= 11 is 0. The van der Waals surface area contributed by atoms with Crippen molar-refractivity contribution in [3.63, 3.8) is 0 Å². The fraction of sp³-hybridized carbons (Fsp3) is 0.538. The van der Waals surface area contributed by atoms with Crippen LogP contribution in [0.2, 0.25) is 0 Å². The minimum atomic E-state index is -0.308. The number of aromatic nitrogens is 1. The number of Topliss-reactive ketones (excluding diaryl/α,β-unsaturated/α-hetero) is 1. The van der Waals surface area contributed by atoms with E-state index in [1.54, 1.807) is 0 Å². The summed E-state index contributed by atoms with van der Waals surface area (Å²) in [4.78, 5) is 31.3. The molecule has 2 aliphatic carbocycles. The lowest BCUT2D eigenvalue weighted by Crippen LogP contribution is -2.20. The molecule has 1 N–H and O–H groups in total. The second-order valence-corrected chi connectivity index (χ2v) is 9.37. The molecule has 0 spiro atoms. The predicted molar refractivity (Wildman–Crippen MR) is 123 cm³/mol. The van der Waals surface area contributed by atoms with Gasteiger partial charge in [-0.25, -0.2) is 4.79 Å². The highest BCUT2D eigenvalue weighted by molar-refractivity contribution is 6.03. The SMILES string of the molecule is Cc1c(C(=O)OC2CCCCCCC2)[nH]c2c1C(=O)C[C@H](c1ccc(N(C)C)cc1)C2. The molecular formula is C26H34N2O3. The summed E-state index contributed by atoms with van der Waals surface area (Å²) in [5.41, 5.74) is 5.09. The Morgan fingerprint density at radius 2 is 1.65 bits per heavy atom. The zero-order chi connectivity index (χ0) is 22.0. The first-order valence-corrected chi connectivity index (χ1v) is 11.7. The Morgan fingerprint density at radius 1 is 1.00 bits per heavy atom. The fourth-order valence-corrected chi connectivity index (χ4v) is 5.06. The van der Waals surface area contributed by atoms with E-state index in [-0.39, 0.29) is 23.8 Å². The molecular weight excluding hydrogens is 388 g/mol. The van der Waals surface area contributed by atoms with E-state index in [9.17, 15) is 9.59 Å². The summed E-state index contributed by atoms with van der Waals surface area (Å²) in [7, 11) is 4.04. The Morgan fingerprint density at radius 3 is 2.29 bits per heavy atom. The van der Waals surface area contributed by atoms with Gasteiger partial charge < -0.3 is 14.6 Å². The van der Waals surface area contributed by atoms with Crippen molar-refractivity contribution in [2.75, 3.05) is 19.0 Å². The van der Waals surface area contributed by atoms with E-state index >= 15 is 0 Å². The Bertz CT molecular complexity index is 934. The summed E-state index contributed by atoms with van der Waals surface area (Å²) in [6, 6.07) is 8.40. The smallest absolute Gasteiger partial charge is 0.355 e. The van der Waals surface area contributed by atoms with E-state index in [1.807, 2.05) is 21.0 Å². The highest BCUT2D eigenvalue weighted by Crippen LogP contribution is 2.36. The molecule has 1 aromatic heterocycles. The zero-order valence-corrected chi connectivity index (χ0v) is 19.0. The number of carbonyl (C=O) groups is 2. The topological polar surface area (TPSA) is 62.4 Å². The molecule has 0 saturated heterocycles. The Labute approximate surface area is 185 Å². The fourth-order valence-electron chi connectivity index (χ4n) is 5.06. The van der Waals surface area contributed by atoms with Gasteiger partial charge in [0.1, 0.15) is 11.8 Å². The van der Waals surface area contributed by atoms with Crippen LogP contribution in [0.1, 0.15) is 95.0 Å². The molecule has 0 bridgehead atoms. The summed E-state index contributed by atoms with van der Waals surface area (Å²) in [6.45, 7) is 1.87. The largest absolute Gasteiger partial charge is 0.458 e. The van der Waals surface area contributed by atoms with Crippen molar-refractivity contribution in [2.45, 2.75) is 76.7 Å². The quantitative estimate of drug-likeness (QED) is 0.654. The van der Waals surface area contributed by atoms with Crippen LogP contribution < -0.4 is 4.90 Å². The average Bonchev–Trinajstić information content (AvgIpc) is 3.07. The first-order chi connectivity index (χ1) is 14.9. The normalized spacial score (nSPS) is 20.0. The van der Waals surface area contributed by atoms with Crippen LogP contribution in [0.3, 0.4) is 0 Å². The third-order valence-electron chi connectivity index (χ3n) is 6.90. The van der Waals surface area contributed by atoms with Crippen molar-refractivity contribution in [2.24, 2.45) is 0 Å². The number of aromatic amines is 1. The summed E-state index contributed by atoms with van der Waals surface area (Å²) in [5.74, 6) is -0.0670. The number of hydrogen-bond acceptors (Lipinski definition) is 4. The van der Waals surface area contributed by atoms with E-state index in [2.05, 4.69) is 34.1 Å². The standard InChI is InChI=1S/C26H34N2O3/c1-17-24-22(27-25(17)26(30)31-21-9-7-5-4-6-8-10-21)15-19(16-23(24)29)18-11-13-20(14-12-18)28(2)3/h11-14,19,21,27H,4-10,15-16H2,1-3H3/t19-/m1/s1. The van der Waals surface area contributed by atoms with Crippen LogP contribution >= 0.6 is 0 Å². The molecule has 1 heterocycles. The molecule has 0 radical (unpaired) electrons. The monoisotopic (exact) mass is 422 g/mol. The minimum absolute atomic E-state index is 0.00816. The van der Waals surface area contributed by atoms with E-state index in [4.69, 9.17) is 4.74 Å². The summed E-state index contributed by atoms with van der Waals surface area (Å²) in [6.07, 6.45) is 9.03. The van der Waals surface area contributed by atoms with Crippen LogP contribution in [0.15, 0.2) is 24.3 Å². The maximum absolute atomic E-state index is 13.0. The van der Waals surface area contributed by atoms with Gasteiger partial charge in [0.05, 0.1) is 0 Å². The van der Waals surface area contributed by atoms with Crippen molar-refractivity contribution < 1.29 is 14.3 Å². The number of carbonyl (C=O) groups excluding carboxylic acids is 2. The molecule has 0 unspecified atom stereocenters. The molecule has 4 rings (SSSR count). The number of fused-ring (bicyclic) bond motifs is 1. The van der Waals surface area contributed by atoms with Crippen LogP contribution in [0.25, 0.3) is 0 Å². The first-order valence-electron chi connectivity index (χ1n) is 11.7. The van der Waals surface area contributed by atoms with Crippen LogP contribution in [-0.4, -0.2) is 36.9 Å². The van der Waals surface area contributed by atoms with Crippen LogP contribution in [0.5, 0.6) is 0 Å². The maximum Gasteiger partial charge on any atom is 0.355 e. The van der Waals surface area contributed by atoms with Gasteiger partial charge in [0.15, 0.2) is 5.78 Å². The van der Waals surface area contributed by atoms with Gasteiger partial charge in [-0.2, -0.15) is 0 Å². The molecule has 5 nitrogen and oxygen atoms in total. The van der Waals surface area contributed by atoms with E-state index in [0.29, 0.717) is 17.7 Å². The average molecular weight is 423 g/mol. The van der Waals surface area contributed by atoms with Gasteiger partial charge in [-0.3, -0.25) is 4.79 Å².